The summed E-state index contributed by atoms with van der Waals surface area (Å²) in [5.41, 5.74) is -0.322. The number of carbonyl (C=O) groups excluding carboxylic acids is 1. The van der Waals surface area contributed by atoms with Crippen LogP contribution in [0.25, 0.3) is 0 Å². The van der Waals surface area contributed by atoms with E-state index in [-0.39, 0.29) is 11.3 Å². The van der Waals surface area contributed by atoms with Crippen LogP contribution in [0.3, 0.4) is 0 Å². The summed E-state index contributed by atoms with van der Waals surface area (Å²) in [7, 11) is 1.68. The predicted octanol–water partition coefficient (Wildman–Crippen LogP) is 0.168. The number of hydrogen-bond donors (Lipinski definition) is 2. The minimum atomic E-state index is -0.322. The van der Waals surface area contributed by atoms with Crippen molar-refractivity contribution in [3.05, 3.63) is 0 Å². The zero-order valence-electron chi connectivity index (χ0n) is 12.5. The SMILES string of the molecule is COCC1(C(=O)NCCN2CCSCC2)CCNCC1. The van der Waals surface area contributed by atoms with Gasteiger partial charge in [0.05, 0.1) is 12.0 Å². The first-order valence-electron chi connectivity index (χ1n) is 7.55. The van der Waals surface area contributed by atoms with Gasteiger partial charge in [0.25, 0.3) is 0 Å². The van der Waals surface area contributed by atoms with E-state index in [4.69, 9.17) is 4.74 Å². The zero-order chi connectivity index (χ0) is 14.3. The lowest BCUT2D eigenvalue weighted by molar-refractivity contribution is -0.136. The summed E-state index contributed by atoms with van der Waals surface area (Å²) >= 11 is 2.01. The first-order valence-corrected chi connectivity index (χ1v) is 8.70. The van der Waals surface area contributed by atoms with Crippen molar-refractivity contribution in [2.45, 2.75) is 12.8 Å². The normalized spacial score (nSPS) is 23.4. The van der Waals surface area contributed by atoms with Gasteiger partial charge in [-0.2, -0.15) is 11.8 Å². The molecule has 2 saturated heterocycles. The molecule has 0 aromatic carbocycles. The van der Waals surface area contributed by atoms with Crippen molar-refractivity contribution in [3.63, 3.8) is 0 Å². The molecule has 0 atom stereocenters. The number of rotatable bonds is 6. The molecule has 2 N–H and O–H groups in total. The van der Waals surface area contributed by atoms with E-state index in [9.17, 15) is 4.79 Å². The molecule has 0 bridgehead atoms. The van der Waals surface area contributed by atoms with Gasteiger partial charge in [0.1, 0.15) is 0 Å². The first kappa shape index (κ1) is 16.1. The van der Waals surface area contributed by atoms with Gasteiger partial charge in [-0.1, -0.05) is 0 Å². The van der Waals surface area contributed by atoms with Gasteiger partial charge in [-0.05, 0) is 25.9 Å². The Hall–Kier alpha value is -0.300. The van der Waals surface area contributed by atoms with Crippen molar-refractivity contribution in [1.29, 1.82) is 0 Å². The van der Waals surface area contributed by atoms with Crippen molar-refractivity contribution in [2.75, 3.05) is 64.5 Å². The number of hydrogen-bond acceptors (Lipinski definition) is 5. The van der Waals surface area contributed by atoms with Crippen molar-refractivity contribution in [3.8, 4) is 0 Å². The van der Waals surface area contributed by atoms with E-state index in [0.717, 1.165) is 52.1 Å². The van der Waals surface area contributed by atoms with Crippen LogP contribution in [-0.2, 0) is 9.53 Å². The number of thioether (sulfide) groups is 1. The average molecular weight is 301 g/mol. The molecular formula is C14H27N3O2S. The van der Waals surface area contributed by atoms with Crippen LogP contribution in [0.4, 0.5) is 0 Å². The number of carbonyl (C=O) groups is 1. The molecule has 0 spiro atoms. The highest BCUT2D eigenvalue weighted by Crippen LogP contribution is 2.29. The Kier molecular flexibility index (Phi) is 6.61. The highest BCUT2D eigenvalue weighted by atomic mass is 32.2. The Bertz CT molecular complexity index is 297. The van der Waals surface area contributed by atoms with Crippen LogP contribution in [0.1, 0.15) is 12.8 Å². The molecule has 0 aromatic rings. The van der Waals surface area contributed by atoms with E-state index in [2.05, 4.69) is 15.5 Å². The zero-order valence-corrected chi connectivity index (χ0v) is 13.3. The summed E-state index contributed by atoms with van der Waals surface area (Å²) in [6, 6.07) is 0. The van der Waals surface area contributed by atoms with E-state index in [0.29, 0.717) is 6.61 Å². The largest absolute Gasteiger partial charge is 0.384 e. The quantitative estimate of drug-likeness (QED) is 0.732. The van der Waals surface area contributed by atoms with Crippen LogP contribution >= 0.6 is 11.8 Å². The Morgan fingerprint density at radius 1 is 1.35 bits per heavy atom. The number of amides is 1. The van der Waals surface area contributed by atoms with Gasteiger partial charge in [-0.25, -0.2) is 0 Å². The molecule has 0 saturated carbocycles. The van der Waals surface area contributed by atoms with Crippen LogP contribution in [0, 0.1) is 5.41 Å². The second-order valence-corrected chi connectivity index (χ2v) is 6.90. The third-order valence-electron chi connectivity index (χ3n) is 4.28. The summed E-state index contributed by atoms with van der Waals surface area (Å²) in [5, 5.41) is 6.44. The first-order chi connectivity index (χ1) is 9.77. The molecule has 2 fully saturated rings. The lowest BCUT2D eigenvalue weighted by atomic mass is 9.78. The molecule has 1 amide bonds. The van der Waals surface area contributed by atoms with Crippen molar-refractivity contribution < 1.29 is 9.53 Å². The summed E-state index contributed by atoms with van der Waals surface area (Å²) in [6.07, 6.45) is 1.74. The molecule has 0 aromatic heterocycles. The smallest absolute Gasteiger partial charge is 0.228 e. The Labute approximate surface area is 126 Å². The van der Waals surface area contributed by atoms with Crippen LogP contribution in [0.15, 0.2) is 0 Å². The molecule has 0 unspecified atom stereocenters. The van der Waals surface area contributed by atoms with Crippen molar-refractivity contribution >= 4 is 17.7 Å². The molecule has 2 heterocycles. The summed E-state index contributed by atoms with van der Waals surface area (Å²) in [5.74, 6) is 2.60. The maximum absolute atomic E-state index is 12.5. The maximum atomic E-state index is 12.5. The minimum absolute atomic E-state index is 0.173. The summed E-state index contributed by atoms with van der Waals surface area (Å²) < 4.78 is 5.30. The third-order valence-corrected chi connectivity index (χ3v) is 5.22. The lowest BCUT2D eigenvalue weighted by Crippen LogP contribution is -2.51. The van der Waals surface area contributed by atoms with E-state index < -0.39 is 0 Å². The number of nitrogens with zero attached hydrogens (tertiary/aromatic N) is 1. The molecule has 0 aliphatic carbocycles. The van der Waals surface area contributed by atoms with Crippen LogP contribution in [0.5, 0.6) is 0 Å². The van der Waals surface area contributed by atoms with Gasteiger partial charge in [0.15, 0.2) is 0 Å². The van der Waals surface area contributed by atoms with Gasteiger partial charge in [-0.15, -0.1) is 0 Å². The number of piperidine rings is 1. The highest BCUT2D eigenvalue weighted by Gasteiger charge is 2.39. The Morgan fingerprint density at radius 3 is 2.70 bits per heavy atom. The molecule has 2 rings (SSSR count). The predicted molar refractivity (Wildman–Crippen MR) is 83.2 cm³/mol. The molecule has 2 aliphatic rings. The summed E-state index contributed by atoms with van der Waals surface area (Å²) in [4.78, 5) is 14.9. The average Bonchev–Trinajstić information content (AvgIpc) is 2.49. The molecule has 0 radical (unpaired) electrons. The number of methoxy groups -OCH3 is 1. The molecular weight excluding hydrogens is 274 g/mol. The molecule has 2 aliphatic heterocycles. The van der Waals surface area contributed by atoms with Gasteiger partial charge < -0.3 is 15.4 Å². The third kappa shape index (κ3) is 4.35. The topological polar surface area (TPSA) is 53.6 Å². The number of ether oxygens (including phenoxy) is 1. The highest BCUT2D eigenvalue weighted by molar-refractivity contribution is 7.99. The second kappa shape index (κ2) is 8.22. The fourth-order valence-electron chi connectivity index (χ4n) is 2.96. The fraction of sp³-hybridized carbons (Fsp3) is 0.929. The van der Waals surface area contributed by atoms with E-state index in [1.54, 1.807) is 7.11 Å². The van der Waals surface area contributed by atoms with E-state index in [1.165, 1.54) is 11.5 Å². The Morgan fingerprint density at radius 2 is 2.05 bits per heavy atom. The Balaban J connectivity index is 1.76. The molecule has 5 nitrogen and oxygen atoms in total. The molecule has 116 valence electrons. The van der Waals surface area contributed by atoms with Crippen molar-refractivity contribution in [2.24, 2.45) is 5.41 Å². The van der Waals surface area contributed by atoms with Gasteiger partial charge >= 0.3 is 0 Å². The van der Waals surface area contributed by atoms with E-state index >= 15 is 0 Å². The number of nitrogens with one attached hydrogen (secondary N) is 2. The van der Waals surface area contributed by atoms with Crippen molar-refractivity contribution in [1.82, 2.24) is 15.5 Å². The van der Waals surface area contributed by atoms with Gasteiger partial charge in [-0.3, -0.25) is 9.69 Å². The summed E-state index contributed by atoms with van der Waals surface area (Å²) in [6.45, 7) is 6.35. The van der Waals surface area contributed by atoms with Crippen LogP contribution in [0.2, 0.25) is 0 Å². The molecule has 6 heteroatoms. The lowest BCUT2D eigenvalue weighted by Gasteiger charge is -2.36. The molecule has 20 heavy (non-hydrogen) atoms. The minimum Gasteiger partial charge on any atom is -0.384 e. The van der Waals surface area contributed by atoms with Gasteiger partial charge in [0.2, 0.25) is 5.91 Å². The van der Waals surface area contributed by atoms with Gasteiger partial charge in [0, 0.05) is 44.8 Å². The van der Waals surface area contributed by atoms with E-state index in [1.807, 2.05) is 11.8 Å². The standard InChI is InChI=1S/C14H27N3O2S/c1-19-12-14(2-4-15-5-3-14)13(18)16-6-7-17-8-10-20-11-9-17/h15H,2-12H2,1H3,(H,16,18). The fourth-order valence-corrected chi connectivity index (χ4v) is 3.94. The van der Waals surface area contributed by atoms with Crippen LogP contribution in [-0.4, -0.2) is 75.3 Å². The maximum Gasteiger partial charge on any atom is 0.228 e. The monoisotopic (exact) mass is 301 g/mol. The van der Waals surface area contributed by atoms with Crippen LogP contribution < -0.4 is 10.6 Å². The second-order valence-electron chi connectivity index (χ2n) is 5.67.